The maximum absolute atomic E-state index is 12.7. The molecule has 2 heterocycles. The van der Waals surface area contributed by atoms with Gasteiger partial charge >= 0.3 is 0 Å². The average Bonchev–Trinajstić information content (AvgIpc) is 3.24. The van der Waals surface area contributed by atoms with Gasteiger partial charge in [0, 0.05) is 37.2 Å². The predicted octanol–water partition coefficient (Wildman–Crippen LogP) is 2.31. The highest BCUT2D eigenvalue weighted by Gasteiger charge is 2.28. The quantitative estimate of drug-likeness (QED) is 0.890. The van der Waals surface area contributed by atoms with Crippen LogP contribution in [0.3, 0.4) is 0 Å². The molecule has 1 aliphatic heterocycles. The first-order valence-electron chi connectivity index (χ1n) is 8.26. The molecule has 23 heavy (non-hydrogen) atoms. The summed E-state index contributed by atoms with van der Waals surface area (Å²) in [5, 5.41) is 13.2. The molecule has 1 fully saturated rings. The molecule has 1 unspecified atom stereocenters. The largest absolute Gasteiger partial charge is 0.396 e. The van der Waals surface area contributed by atoms with Crippen molar-refractivity contribution in [2.24, 2.45) is 0 Å². The zero-order valence-corrected chi connectivity index (χ0v) is 13.3. The minimum absolute atomic E-state index is 0.107. The molecule has 1 aliphatic rings. The van der Waals surface area contributed by atoms with Crippen molar-refractivity contribution in [3.8, 4) is 0 Å². The van der Waals surface area contributed by atoms with Crippen LogP contribution in [0.25, 0.3) is 0 Å². The number of carbonyl (C=O) groups is 1. The minimum atomic E-state index is 0.107. The lowest BCUT2D eigenvalue weighted by Gasteiger charge is -2.24. The first-order chi connectivity index (χ1) is 11.3. The Balaban J connectivity index is 1.65. The van der Waals surface area contributed by atoms with E-state index in [0.29, 0.717) is 6.54 Å². The number of rotatable bonds is 6. The van der Waals surface area contributed by atoms with Crippen molar-refractivity contribution in [2.75, 3.05) is 13.2 Å². The summed E-state index contributed by atoms with van der Waals surface area (Å²) >= 11 is 0. The van der Waals surface area contributed by atoms with Gasteiger partial charge in [0.2, 0.25) is 0 Å². The van der Waals surface area contributed by atoms with Gasteiger partial charge in [0.15, 0.2) is 0 Å². The van der Waals surface area contributed by atoms with Gasteiger partial charge < -0.3 is 10.0 Å². The molecule has 0 saturated carbocycles. The lowest BCUT2D eigenvalue weighted by Crippen LogP contribution is -2.35. The van der Waals surface area contributed by atoms with Crippen molar-refractivity contribution in [3.05, 3.63) is 53.9 Å². The highest BCUT2D eigenvalue weighted by molar-refractivity contribution is 5.94. The summed E-state index contributed by atoms with van der Waals surface area (Å²) in [6.45, 7) is 1.73. The van der Waals surface area contributed by atoms with E-state index in [1.54, 1.807) is 6.20 Å². The zero-order valence-electron chi connectivity index (χ0n) is 13.3. The number of hydrogen-bond donors (Lipinski definition) is 1. The molecule has 1 aromatic heterocycles. The maximum atomic E-state index is 12.7. The van der Waals surface area contributed by atoms with Crippen LogP contribution in [0.15, 0.2) is 42.7 Å². The average molecular weight is 313 g/mol. The number of aromatic nitrogens is 2. The van der Waals surface area contributed by atoms with Crippen molar-refractivity contribution in [1.29, 1.82) is 0 Å². The normalized spacial score (nSPS) is 17.6. The molecule has 1 amide bonds. The Morgan fingerprint density at radius 3 is 2.83 bits per heavy atom. The van der Waals surface area contributed by atoms with Crippen molar-refractivity contribution in [1.82, 2.24) is 14.7 Å². The molecule has 1 atom stereocenters. The van der Waals surface area contributed by atoms with Crippen LogP contribution in [0.5, 0.6) is 0 Å². The molecule has 1 saturated heterocycles. The summed E-state index contributed by atoms with van der Waals surface area (Å²) in [5.74, 6) is 0.107. The topological polar surface area (TPSA) is 58.4 Å². The van der Waals surface area contributed by atoms with Crippen LogP contribution in [-0.4, -0.2) is 44.9 Å². The summed E-state index contributed by atoms with van der Waals surface area (Å²) in [7, 11) is 0. The van der Waals surface area contributed by atoms with Crippen LogP contribution >= 0.6 is 0 Å². The van der Waals surface area contributed by atoms with Crippen molar-refractivity contribution < 1.29 is 9.90 Å². The Bertz CT molecular complexity index is 622. The van der Waals surface area contributed by atoms with E-state index in [4.69, 9.17) is 5.11 Å². The Kier molecular flexibility index (Phi) is 5.08. The molecule has 2 aromatic rings. The fourth-order valence-corrected chi connectivity index (χ4v) is 3.23. The van der Waals surface area contributed by atoms with Gasteiger partial charge in [0.25, 0.3) is 5.91 Å². The third-order valence-corrected chi connectivity index (χ3v) is 4.44. The number of amides is 1. The third-order valence-electron chi connectivity index (χ3n) is 4.44. The minimum Gasteiger partial charge on any atom is -0.396 e. The summed E-state index contributed by atoms with van der Waals surface area (Å²) in [6, 6.07) is 9.98. The Morgan fingerprint density at radius 2 is 2.13 bits per heavy atom. The van der Waals surface area contributed by atoms with E-state index in [2.05, 4.69) is 5.10 Å². The van der Waals surface area contributed by atoms with Crippen molar-refractivity contribution >= 4 is 5.91 Å². The van der Waals surface area contributed by atoms with Gasteiger partial charge in [0.05, 0.1) is 6.54 Å². The standard InChI is InChI=1S/C18H23N3O2/c22-13-2-5-17-4-1-12-21(17)18(23)16-8-6-15(7-9-16)14-20-11-3-10-19-20/h3,6-11,17,22H,1-2,4-5,12-14H2. The number of hydrogen-bond acceptors (Lipinski definition) is 3. The smallest absolute Gasteiger partial charge is 0.254 e. The van der Waals surface area contributed by atoms with Gasteiger partial charge in [-0.1, -0.05) is 12.1 Å². The summed E-state index contributed by atoms with van der Waals surface area (Å²) in [5.41, 5.74) is 1.87. The first-order valence-corrected chi connectivity index (χ1v) is 8.26. The van der Waals surface area contributed by atoms with Crippen LogP contribution < -0.4 is 0 Å². The molecule has 5 heteroatoms. The van der Waals surface area contributed by atoms with Crippen molar-refractivity contribution in [2.45, 2.75) is 38.3 Å². The number of nitrogens with zero attached hydrogens (tertiary/aromatic N) is 3. The third kappa shape index (κ3) is 3.79. The highest BCUT2D eigenvalue weighted by atomic mass is 16.3. The lowest BCUT2D eigenvalue weighted by molar-refractivity contribution is 0.0724. The monoisotopic (exact) mass is 313 g/mol. The summed E-state index contributed by atoms with van der Waals surface area (Å²) < 4.78 is 1.86. The zero-order chi connectivity index (χ0) is 16.1. The highest BCUT2D eigenvalue weighted by Crippen LogP contribution is 2.23. The molecule has 3 rings (SSSR count). The van der Waals surface area contributed by atoms with Gasteiger partial charge in [-0.25, -0.2) is 0 Å². The lowest BCUT2D eigenvalue weighted by atomic mass is 10.1. The van der Waals surface area contributed by atoms with Crippen LogP contribution in [0, 0.1) is 0 Å². The molecule has 5 nitrogen and oxygen atoms in total. The number of aliphatic hydroxyl groups is 1. The number of likely N-dealkylation sites (tertiary alicyclic amines) is 1. The molecule has 0 radical (unpaired) electrons. The summed E-state index contributed by atoms with van der Waals surface area (Å²) in [4.78, 5) is 14.7. The van der Waals surface area contributed by atoms with E-state index >= 15 is 0 Å². The Morgan fingerprint density at radius 1 is 1.30 bits per heavy atom. The number of benzene rings is 1. The van der Waals surface area contributed by atoms with Crippen molar-refractivity contribution in [3.63, 3.8) is 0 Å². The van der Waals surface area contributed by atoms with Crippen LogP contribution in [0.4, 0.5) is 0 Å². The Hall–Kier alpha value is -2.14. The molecule has 0 aliphatic carbocycles. The van der Waals surface area contributed by atoms with E-state index in [1.165, 1.54) is 0 Å². The van der Waals surface area contributed by atoms with E-state index in [9.17, 15) is 4.79 Å². The van der Waals surface area contributed by atoms with Gasteiger partial charge in [-0.3, -0.25) is 9.48 Å². The van der Waals surface area contributed by atoms with Crippen LogP contribution in [0.1, 0.15) is 41.6 Å². The Labute approximate surface area is 136 Å². The first kappa shape index (κ1) is 15.7. The van der Waals surface area contributed by atoms with Crippen LogP contribution in [0.2, 0.25) is 0 Å². The molecular weight excluding hydrogens is 290 g/mol. The second-order valence-electron chi connectivity index (χ2n) is 6.06. The van der Waals surface area contributed by atoms with E-state index in [1.807, 2.05) is 46.1 Å². The second kappa shape index (κ2) is 7.42. The molecule has 0 bridgehead atoms. The van der Waals surface area contributed by atoms with E-state index in [-0.39, 0.29) is 18.6 Å². The fraction of sp³-hybridized carbons (Fsp3) is 0.444. The fourth-order valence-electron chi connectivity index (χ4n) is 3.23. The summed E-state index contributed by atoms with van der Waals surface area (Å²) in [6.07, 6.45) is 7.44. The van der Waals surface area contributed by atoms with Gasteiger partial charge in [-0.2, -0.15) is 5.10 Å². The number of aliphatic hydroxyl groups excluding tert-OH is 1. The van der Waals surface area contributed by atoms with E-state index in [0.717, 1.165) is 43.4 Å². The molecule has 1 N–H and O–H groups in total. The second-order valence-corrected chi connectivity index (χ2v) is 6.06. The predicted molar refractivity (Wildman–Crippen MR) is 88.1 cm³/mol. The van der Waals surface area contributed by atoms with Gasteiger partial charge in [0.1, 0.15) is 0 Å². The molecule has 1 aromatic carbocycles. The van der Waals surface area contributed by atoms with Crippen LogP contribution in [-0.2, 0) is 6.54 Å². The van der Waals surface area contributed by atoms with Gasteiger partial charge in [-0.05, 0) is 49.4 Å². The maximum Gasteiger partial charge on any atom is 0.254 e. The molecule has 0 spiro atoms. The number of carbonyl (C=O) groups excluding carboxylic acids is 1. The van der Waals surface area contributed by atoms with Gasteiger partial charge in [-0.15, -0.1) is 0 Å². The molecular formula is C18H23N3O2. The van der Waals surface area contributed by atoms with E-state index < -0.39 is 0 Å². The SMILES string of the molecule is O=C(c1ccc(Cn2cccn2)cc1)N1CCCC1CCCO. The molecule has 122 valence electrons.